The molecule has 0 N–H and O–H groups in total. The molecule has 2 amide bonds. The zero-order valence-corrected chi connectivity index (χ0v) is 38.4. The van der Waals surface area contributed by atoms with E-state index < -0.39 is 5.97 Å². The number of ether oxygens (including phenoxy) is 2. The van der Waals surface area contributed by atoms with Gasteiger partial charge in [-0.25, -0.2) is 9.59 Å². The first-order valence-electron chi connectivity index (χ1n) is 21.8. The molecule has 4 heterocycles. The van der Waals surface area contributed by atoms with Crippen molar-refractivity contribution in [2.45, 2.75) is 156 Å². The molecule has 4 aliphatic rings. The van der Waals surface area contributed by atoms with Crippen LogP contribution in [0.15, 0.2) is 24.8 Å². The largest absolute Gasteiger partial charge is 0.465 e. The van der Waals surface area contributed by atoms with Gasteiger partial charge in [-0.2, -0.15) is 0 Å². The lowest BCUT2D eigenvalue weighted by Gasteiger charge is -2.44. The smallest absolute Gasteiger partial charge is 0.350 e. The number of anilines is 2. The molecule has 2 aromatic rings. The zero-order valence-electron chi connectivity index (χ0n) is 36.8. The molecular formula is C49H66N2O6S2. The Morgan fingerprint density at radius 3 is 1.59 bits per heavy atom. The molecular weight excluding hydrogens is 777 g/mol. The van der Waals surface area contributed by atoms with Crippen molar-refractivity contribution in [2.75, 3.05) is 24.0 Å². The standard InChI is InChI=1S/C26H35NO3S.C23H31NO3S/c1-6-10-19-13-14-21(18-11-8-7-9-12-18)27(24(19)28)22-17-20(15-16-26(2,3)4)31-23(22)25(29)30-5;1-23(2,3)14-13-17-15-19(21(28-17)22(26)27-4)24-18(11-8-12-20(24)25)16-9-6-5-7-10-16/h6,17-19,21H,1,7-14H2,2-5H3;15-16,18H,5-12H2,1-4H3/t19?,21-;18-/m00/s1. The summed E-state index contributed by atoms with van der Waals surface area (Å²) >= 11 is 2.66. The first kappa shape index (κ1) is 46.2. The fourth-order valence-electron chi connectivity index (χ4n) is 9.06. The minimum Gasteiger partial charge on any atom is -0.465 e. The number of esters is 2. The molecule has 2 aliphatic carbocycles. The highest BCUT2D eigenvalue weighted by Crippen LogP contribution is 2.43. The maximum absolute atomic E-state index is 13.7. The highest BCUT2D eigenvalue weighted by Gasteiger charge is 2.42. The topological polar surface area (TPSA) is 93.2 Å². The first-order valence-corrected chi connectivity index (χ1v) is 23.4. The maximum atomic E-state index is 13.7. The summed E-state index contributed by atoms with van der Waals surface area (Å²) in [7, 11) is 2.78. The average molecular weight is 843 g/mol. The fourth-order valence-corrected chi connectivity index (χ4v) is 10.9. The van der Waals surface area contributed by atoms with Gasteiger partial charge in [0, 0.05) is 35.3 Å². The number of rotatable bonds is 8. The van der Waals surface area contributed by atoms with E-state index in [0.717, 1.165) is 48.3 Å². The van der Waals surface area contributed by atoms with Gasteiger partial charge in [0.15, 0.2) is 0 Å². The lowest BCUT2D eigenvalue weighted by molar-refractivity contribution is -0.125. The molecule has 6 rings (SSSR count). The second-order valence-electron chi connectivity index (χ2n) is 18.7. The first-order chi connectivity index (χ1) is 28.0. The van der Waals surface area contributed by atoms with Crippen LogP contribution in [0.5, 0.6) is 0 Å². The monoisotopic (exact) mass is 842 g/mol. The maximum Gasteiger partial charge on any atom is 0.350 e. The minimum absolute atomic E-state index is 0.0770. The number of methoxy groups -OCH3 is 2. The van der Waals surface area contributed by atoms with Gasteiger partial charge in [-0.1, -0.05) is 68.3 Å². The van der Waals surface area contributed by atoms with Crippen LogP contribution >= 0.6 is 22.7 Å². The van der Waals surface area contributed by atoms with E-state index in [9.17, 15) is 19.2 Å². The Morgan fingerprint density at radius 1 is 0.695 bits per heavy atom. The van der Waals surface area contributed by atoms with Crippen molar-refractivity contribution in [2.24, 2.45) is 28.6 Å². The van der Waals surface area contributed by atoms with Crippen LogP contribution in [0, 0.1) is 52.3 Å². The van der Waals surface area contributed by atoms with Crippen LogP contribution in [0.25, 0.3) is 0 Å². The third-order valence-electron chi connectivity index (χ3n) is 11.9. The number of thiophene rings is 2. The van der Waals surface area contributed by atoms with E-state index in [1.54, 1.807) is 0 Å². The van der Waals surface area contributed by atoms with Crippen molar-refractivity contribution in [3.63, 3.8) is 0 Å². The van der Waals surface area contributed by atoms with Gasteiger partial charge in [-0.3, -0.25) is 9.59 Å². The lowest BCUT2D eigenvalue weighted by Crippen LogP contribution is -2.52. The third-order valence-corrected chi connectivity index (χ3v) is 13.9. The molecule has 1 unspecified atom stereocenters. The van der Waals surface area contributed by atoms with E-state index in [1.807, 2.05) is 28.0 Å². The molecule has 3 atom stereocenters. The second kappa shape index (κ2) is 20.6. The Balaban J connectivity index is 0.000000225. The van der Waals surface area contributed by atoms with Gasteiger partial charge in [0.05, 0.1) is 35.3 Å². The summed E-state index contributed by atoms with van der Waals surface area (Å²) in [6, 6.07) is 4.17. The fraction of sp³-hybridized carbons (Fsp3) is 0.633. The van der Waals surface area contributed by atoms with E-state index in [0.29, 0.717) is 45.8 Å². The van der Waals surface area contributed by atoms with Gasteiger partial charge in [-0.15, -0.1) is 29.3 Å². The van der Waals surface area contributed by atoms with E-state index in [2.05, 4.69) is 71.8 Å². The summed E-state index contributed by atoms with van der Waals surface area (Å²) < 4.78 is 10.1. The number of amides is 2. The van der Waals surface area contributed by atoms with Crippen LogP contribution in [0.4, 0.5) is 11.4 Å². The number of hydrogen-bond donors (Lipinski definition) is 0. The average Bonchev–Trinajstić information content (AvgIpc) is 3.84. The predicted octanol–water partition coefficient (Wildman–Crippen LogP) is 11.6. The Morgan fingerprint density at radius 2 is 1.15 bits per heavy atom. The SMILES string of the molecule is C=CCC1CC[C@@H](C2CCCCC2)N(c2cc(C#CC(C)(C)C)sc2C(=O)OC)C1=O.COC(=O)c1sc(C#CC(C)(C)C)cc1N1C(=O)CCC[C@H]1C1CCCCC1. The molecule has 0 bridgehead atoms. The molecule has 2 aliphatic heterocycles. The quantitative estimate of drug-likeness (QED) is 0.149. The van der Waals surface area contributed by atoms with Crippen LogP contribution in [0.2, 0.25) is 0 Å². The molecule has 4 fully saturated rings. The number of allylic oxidation sites excluding steroid dienone is 1. The van der Waals surface area contributed by atoms with Crippen molar-refractivity contribution >= 4 is 57.8 Å². The van der Waals surface area contributed by atoms with Gasteiger partial charge in [0.2, 0.25) is 11.8 Å². The molecule has 10 heteroatoms. The summed E-state index contributed by atoms with van der Waals surface area (Å²) in [6.45, 7) is 16.2. The summed E-state index contributed by atoms with van der Waals surface area (Å²) in [5, 5.41) is 0. The van der Waals surface area contributed by atoms with Crippen LogP contribution in [0.1, 0.15) is 173 Å². The van der Waals surface area contributed by atoms with E-state index in [-0.39, 0.29) is 46.6 Å². The molecule has 0 spiro atoms. The van der Waals surface area contributed by atoms with E-state index in [1.165, 1.54) is 88.3 Å². The summed E-state index contributed by atoms with van der Waals surface area (Å²) in [6.07, 6.45) is 18.9. The van der Waals surface area contributed by atoms with Crippen molar-refractivity contribution in [3.8, 4) is 23.7 Å². The summed E-state index contributed by atoms with van der Waals surface area (Å²) in [5.74, 6) is 13.3. The van der Waals surface area contributed by atoms with Crippen LogP contribution in [0.3, 0.4) is 0 Å². The molecule has 2 saturated carbocycles. The molecule has 0 radical (unpaired) electrons. The van der Waals surface area contributed by atoms with E-state index in [4.69, 9.17) is 9.47 Å². The van der Waals surface area contributed by atoms with Crippen molar-refractivity contribution in [1.29, 1.82) is 0 Å². The number of carbonyl (C=O) groups is 4. The van der Waals surface area contributed by atoms with Crippen LogP contribution in [-0.4, -0.2) is 50.1 Å². The molecule has 320 valence electrons. The normalized spacial score (nSPS) is 21.9. The third kappa shape index (κ3) is 12.1. The van der Waals surface area contributed by atoms with Gasteiger partial charge < -0.3 is 19.3 Å². The number of nitrogens with zero attached hydrogens (tertiary/aromatic N) is 2. The van der Waals surface area contributed by atoms with Gasteiger partial charge >= 0.3 is 11.9 Å². The Bertz CT molecular complexity index is 1940. The highest BCUT2D eigenvalue weighted by molar-refractivity contribution is 7.15. The van der Waals surface area contributed by atoms with Gasteiger partial charge in [0.25, 0.3) is 0 Å². The van der Waals surface area contributed by atoms with Crippen LogP contribution < -0.4 is 9.80 Å². The number of hydrogen-bond acceptors (Lipinski definition) is 8. The van der Waals surface area contributed by atoms with E-state index >= 15 is 0 Å². The number of carbonyl (C=O) groups excluding carboxylic acids is 4. The van der Waals surface area contributed by atoms with Crippen molar-refractivity contribution in [3.05, 3.63) is 44.3 Å². The predicted molar refractivity (Wildman–Crippen MR) is 241 cm³/mol. The highest BCUT2D eigenvalue weighted by atomic mass is 32.1. The number of piperidine rings is 2. The molecule has 2 saturated heterocycles. The van der Waals surface area contributed by atoms with Gasteiger partial charge in [0.1, 0.15) is 9.75 Å². The van der Waals surface area contributed by atoms with Crippen molar-refractivity contribution in [1.82, 2.24) is 0 Å². The summed E-state index contributed by atoms with van der Waals surface area (Å²) in [4.78, 5) is 58.2. The summed E-state index contributed by atoms with van der Waals surface area (Å²) in [5.41, 5.74) is 1.12. The Labute approximate surface area is 361 Å². The van der Waals surface area contributed by atoms with Gasteiger partial charge in [-0.05, 0) is 123 Å². The molecule has 2 aromatic heterocycles. The zero-order chi connectivity index (χ0) is 42.9. The molecule has 0 aromatic carbocycles. The van der Waals surface area contributed by atoms with Crippen LogP contribution in [-0.2, 0) is 19.1 Å². The van der Waals surface area contributed by atoms with Crippen molar-refractivity contribution < 1.29 is 28.7 Å². The molecule has 59 heavy (non-hydrogen) atoms. The Kier molecular flexibility index (Phi) is 16.1. The Hall–Kier alpha value is -3.86. The molecule has 8 nitrogen and oxygen atoms in total. The minimum atomic E-state index is -0.398. The second-order valence-corrected chi connectivity index (χ2v) is 20.8. The lowest BCUT2D eigenvalue weighted by atomic mass is 9.77.